The predicted octanol–water partition coefficient (Wildman–Crippen LogP) is 4.77. The summed E-state index contributed by atoms with van der Waals surface area (Å²) in [5.74, 6) is -1.30. The summed E-state index contributed by atoms with van der Waals surface area (Å²) in [6, 6.07) is 15.9. The highest BCUT2D eigenvalue weighted by molar-refractivity contribution is 7.89. The van der Waals surface area contributed by atoms with Crippen molar-refractivity contribution in [3.63, 3.8) is 0 Å². The first-order valence-electron chi connectivity index (χ1n) is 12.5. The van der Waals surface area contributed by atoms with Gasteiger partial charge in [-0.1, -0.05) is 43.7 Å². The molecule has 3 aromatic rings. The van der Waals surface area contributed by atoms with Crippen molar-refractivity contribution in [2.24, 2.45) is 0 Å². The number of para-hydroxylation sites is 1. The first-order valence-corrected chi connectivity index (χ1v) is 14.8. The van der Waals surface area contributed by atoms with Crippen LogP contribution in [0.4, 0.5) is 0 Å². The number of carboxylic acid groups (broad SMARTS) is 1. The van der Waals surface area contributed by atoms with Crippen LogP contribution in [0.25, 0.3) is 0 Å². The maximum atomic E-state index is 13.7. The number of nitrogens with zero attached hydrogens (tertiary/aromatic N) is 1. The number of carbonyl (C=O) groups excluding carboxylic acids is 1. The summed E-state index contributed by atoms with van der Waals surface area (Å²) in [5.41, 5.74) is 2.45. The number of ether oxygens (including phenoxy) is 1. The summed E-state index contributed by atoms with van der Waals surface area (Å²) < 4.78 is 35.0. The summed E-state index contributed by atoms with van der Waals surface area (Å²) in [6.45, 7) is 4.30. The van der Waals surface area contributed by atoms with Gasteiger partial charge in [-0.25, -0.2) is 8.42 Å². The third-order valence-electron chi connectivity index (χ3n) is 6.70. The molecule has 1 aromatic heterocycles. The largest absolute Gasteiger partial charge is 0.488 e. The van der Waals surface area contributed by atoms with Crippen molar-refractivity contribution in [3.05, 3.63) is 81.0 Å². The average molecular weight is 557 g/mol. The number of thiophene rings is 1. The van der Waals surface area contributed by atoms with Crippen LogP contribution in [0.3, 0.4) is 0 Å². The van der Waals surface area contributed by atoms with Crippen LogP contribution < -0.4 is 10.1 Å². The summed E-state index contributed by atoms with van der Waals surface area (Å²) in [5, 5.41) is 12.2. The van der Waals surface area contributed by atoms with E-state index in [2.05, 4.69) is 5.32 Å². The first kappa shape index (κ1) is 27.8. The smallest absolute Gasteiger partial charge is 0.304 e. The second-order valence-electron chi connectivity index (χ2n) is 9.39. The van der Waals surface area contributed by atoms with E-state index < -0.39 is 21.9 Å². The zero-order chi connectivity index (χ0) is 27.4. The minimum absolute atomic E-state index is 0.133. The van der Waals surface area contributed by atoms with E-state index in [1.807, 2.05) is 32.0 Å². The third kappa shape index (κ3) is 5.92. The normalized spacial score (nSPS) is 17.6. The van der Waals surface area contributed by atoms with Gasteiger partial charge in [0.05, 0.1) is 17.8 Å². The highest BCUT2D eigenvalue weighted by Crippen LogP contribution is 2.36. The number of sulfonamides is 1. The Balaban J connectivity index is 1.71. The Morgan fingerprint density at radius 2 is 1.95 bits per heavy atom. The van der Waals surface area contributed by atoms with Crippen LogP contribution in [-0.2, 0) is 21.4 Å². The molecule has 0 saturated carbocycles. The van der Waals surface area contributed by atoms with Gasteiger partial charge in [0.2, 0.25) is 10.0 Å². The lowest BCUT2D eigenvalue weighted by atomic mass is 9.91. The van der Waals surface area contributed by atoms with E-state index in [0.717, 1.165) is 28.0 Å². The van der Waals surface area contributed by atoms with Gasteiger partial charge in [0, 0.05) is 24.4 Å². The molecule has 202 valence electrons. The van der Waals surface area contributed by atoms with Crippen LogP contribution in [0, 0.1) is 6.92 Å². The number of amides is 1. The van der Waals surface area contributed by atoms with Crippen LogP contribution in [0.15, 0.2) is 59.5 Å². The maximum Gasteiger partial charge on any atom is 0.304 e. The molecule has 0 aliphatic carbocycles. The Morgan fingerprint density at radius 3 is 2.66 bits per heavy atom. The molecule has 2 heterocycles. The van der Waals surface area contributed by atoms with E-state index in [1.165, 1.54) is 15.6 Å². The minimum Gasteiger partial charge on any atom is -0.488 e. The van der Waals surface area contributed by atoms with E-state index >= 15 is 0 Å². The Bertz CT molecular complexity index is 1430. The topological polar surface area (TPSA) is 113 Å². The van der Waals surface area contributed by atoms with Gasteiger partial charge in [0.1, 0.15) is 16.7 Å². The number of aryl methyl sites for hydroxylation is 1. The average Bonchev–Trinajstić information content (AvgIpc) is 3.34. The molecule has 0 radical (unpaired) electrons. The van der Waals surface area contributed by atoms with Crippen molar-refractivity contribution in [1.82, 2.24) is 9.62 Å². The van der Waals surface area contributed by atoms with Gasteiger partial charge >= 0.3 is 5.97 Å². The molecule has 0 saturated heterocycles. The van der Waals surface area contributed by atoms with Gasteiger partial charge < -0.3 is 15.2 Å². The molecule has 4 rings (SSSR count). The second kappa shape index (κ2) is 11.7. The third-order valence-corrected chi connectivity index (χ3v) is 9.75. The molecule has 1 aliphatic heterocycles. The lowest BCUT2D eigenvalue weighted by molar-refractivity contribution is -0.137. The number of benzene rings is 2. The number of rotatable bonds is 9. The number of hydrogen-bond donors (Lipinski definition) is 2. The molecule has 0 bridgehead atoms. The number of carboxylic acids is 1. The van der Waals surface area contributed by atoms with Gasteiger partial charge in [-0.2, -0.15) is 4.31 Å². The Hall–Kier alpha value is -3.21. The fourth-order valence-electron chi connectivity index (χ4n) is 4.67. The van der Waals surface area contributed by atoms with E-state index in [4.69, 9.17) is 4.74 Å². The van der Waals surface area contributed by atoms with Crippen molar-refractivity contribution in [2.75, 3.05) is 13.6 Å². The standard InChI is InChI=1S/C28H32N2O6S2/c1-4-7-21-17-30(38(34,35)26-9-6-5-8-23(26)36-21)16-20-14-19(11-10-18(20)2)22(15-27(31)32)24-12-13-25(37-24)28(33)29-3/h5-6,8-14,21-22H,4,7,15-17H2,1-3H3,(H,29,33)(H,31,32)/t21-,22?/m1/s1. The highest BCUT2D eigenvalue weighted by atomic mass is 32.2. The molecule has 0 spiro atoms. The monoisotopic (exact) mass is 556 g/mol. The molecular weight excluding hydrogens is 524 g/mol. The van der Waals surface area contributed by atoms with Crippen molar-refractivity contribution in [2.45, 2.75) is 56.6 Å². The van der Waals surface area contributed by atoms with Gasteiger partial charge in [0.25, 0.3) is 5.91 Å². The van der Waals surface area contributed by atoms with Crippen LogP contribution in [-0.4, -0.2) is 49.4 Å². The van der Waals surface area contributed by atoms with E-state index in [-0.39, 0.29) is 36.4 Å². The number of nitrogens with one attached hydrogen (secondary N) is 1. The van der Waals surface area contributed by atoms with Gasteiger partial charge in [0.15, 0.2) is 0 Å². The molecule has 1 unspecified atom stereocenters. The van der Waals surface area contributed by atoms with E-state index in [9.17, 15) is 23.1 Å². The fraction of sp³-hybridized carbons (Fsp3) is 0.357. The number of hydrogen-bond acceptors (Lipinski definition) is 6. The molecule has 1 amide bonds. The van der Waals surface area contributed by atoms with Crippen LogP contribution in [0.1, 0.15) is 63.3 Å². The molecule has 8 nitrogen and oxygen atoms in total. The highest BCUT2D eigenvalue weighted by Gasteiger charge is 2.34. The number of aliphatic carboxylic acids is 1. The molecular formula is C28H32N2O6S2. The van der Waals surface area contributed by atoms with Crippen LogP contribution in [0.2, 0.25) is 0 Å². The van der Waals surface area contributed by atoms with Gasteiger partial charge in [-0.15, -0.1) is 11.3 Å². The maximum absolute atomic E-state index is 13.7. The molecule has 2 atom stereocenters. The summed E-state index contributed by atoms with van der Waals surface area (Å²) in [6.07, 6.45) is 1.13. The van der Waals surface area contributed by atoms with Gasteiger partial charge in [-0.05, 0) is 54.3 Å². The Labute approximate surface area is 227 Å². The minimum atomic E-state index is -3.83. The molecule has 1 aliphatic rings. The zero-order valence-electron chi connectivity index (χ0n) is 21.6. The van der Waals surface area contributed by atoms with E-state index in [1.54, 1.807) is 43.4 Å². The fourth-order valence-corrected chi connectivity index (χ4v) is 7.33. The second-order valence-corrected chi connectivity index (χ2v) is 12.4. The lowest BCUT2D eigenvalue weighted by Crippen LogP contribution is -2.36. The molecule has 2 aromatic carbocycles. The van der Waals surface area contributed by atoms with Gasteiger partial charge in [-0.3, -0.25) is 9.59 Å². The first-order chi connectivity index (χ1) is 18.1. The predicted molar refractivity (Wildman–Crippen MR) is 146 cm³/mol. The Kier molecular flexibility index (Phi) is 8.54. The van der Waals surface area contributed by atoms with Crippen molar-refractivity contribution < 1.29 is 27.9 Å². The zero-order valence-corrected chi connectivity index (χ0v) is 23.3. The molecule has 0 fully saturated rings. The van der Waals surface area contributed by atoms with Crippen molar-refractivity contribution in [3.8, 4) is 5.75 Å². The molecule has 10 heteroatoms. The summed E-state index contributed by atoms with van der Waals surface area (Å²) in [4.78, 5) is 25.3. The number of carbonyl (C=O) groups is 2. The lowest BCUT2D eigenvalue weighted by Gasteiger charge is -2.24. The van der Waals surface area contributed by atoms with Crippen LogP contribution in [0.5, 0.6) is 5.75 Å². The number of fused-ring (bicyclic) bond motifs is 1. The van der Waals surface area contributed by atoms with Crippen LogP contribution >= 0.6 is 11.3 Å². The molecule has 38 heavy (non-hydrogen) atoms. The molecule has 2 N–H and O–H groups in total. The SMILES string of the molecule is CCC[C@@H]1CN(Cc2cc(C(CC(=O)O)c3ccc(C(=O)NC)s3)ccc2C)S(=O)(=O)c2ccccc2O1. The van der Waals surface area contributed by atoms with Crippen molar-refractivity contribution in [1.29, 1.82) is 0 Å². The summed E-state index contributed by atoms with van der Waals surface area (Å²) >= 11 is 1.26. The van der Waals surface area contributed by atoms with Crippen molar-refractivity contribution >= 4 is 33.2 Å². The quantitative estimate of drug-likeness (QED) is 0.392. The summed E-state index contributed by atoms with van der Waals surface area (Å²) in [7, 11) is -2.28. The Morgan fingerprint density at radius 1 is 1.18 bits per heavy atom. The van der Waals surface area contributed by atoms with E-state index in [0.29, 0.717) is 17.0 Å².